The first-order valence-corrected chi connectivity index (χ1v) is 11.8. The van der Waals surface area contributed by atoms with E-state index in [4.69, 9.17) is 4.74 Å². The van der Waals surface area contributed by atoms with Crippen molar-refractivity contribution in [2.24, 2.45) is 29.1 Å². The van der Waals surface area contributed by atoms with Gasteiger partial charge in [-0.05, 0) is 61.7 Å². The van der Waals surface area contributed by atoms with Crippen molar-refractivity contribution in [1.29, 1.82) is 0 Å². The molecular formula is C23H30O4S. The molecule has 0 bridgehead atoms. The second-order valence-corrected chi connectivity index (χ2v) is 11.4. The Morgan fingerprint density at radius 1 is 1.11 bits per heavy atom. The second kappa shape index (κ2) is 6.45. The largest absolute Gasteiger partial charge is 0.459 e. The van der Waals surface area contributed by atoms with Gasteiger partial charge in [-0.15, -0.1) is 0 Å². The molecule has 4 fully saturated rings. The zero-order chi connectivity index (χ0) is 19.7. The smallest absolute Gasteiger partial charge is 0.306 e. The van der Waals surface area contributed by atoms with Gasteiger partial charge in [0.15, 0.2) is 5.12 Å². The van der Waals surface area contributed by atoms with Crippen LogP contribution in [0.3, 0.4) is 0 Å². The van der Waals surface area contributed by atoms with Crippen LogP contribution in [0.1, 0.15) is 71.6 Å². The molecule has 1 saturated heterocycles. The Hall–Kier alpha value is -1.10. The number of ether oxygens (including phenoxy) is 1. The summed E-state index contributed by atoms with van der Waals surface area (Å²) in [6.45, 7) is 4.03. The van der Waals surface area contributed by atoms with E-state index in [2.05, 4.69) is 13.0 Å². The lowest BCUT2D eigenvalue weighted by Gasteiger charge is -2.57. The molecule has 0 aromatic heterocycles. The molecule has 5 unspecified atom stereocenters. The summed E-state index contributed by atoms with van der Waals surface area (Å²) in [7, 11) is 0. The third-order valence-corrected chi connectivity index (χ3v) is 9.87. The van der Waals surface area contributed by atoms with Crippen molar-refractivity contribution in [2.75, 3.05) is 0 Å². The number of rotatable bonds is 1. The van der Waals surface area contributed by atoms with Gasteiger partial charge >= 0.3 is 5.97 Å². The summed E-state index contributed by atoms with van der Waals surface area (Å²) in [4.78, 5) is 36.2. The fourth-order valence-corrected chi connectivity index (χ4v) is 8.78. The predicted molar refractivity (Wildman–Crippen MR) is 108 cm³/mol. The maximum Gasteiger partial charge on any atom is 0.306 e. The summed E-state index contributed by atoms with van der Waals surface area (Å²) < 4.78 is 5.95. The van der Waals surface area contributed by atoms with E-state index in [1.54, 1.807) is 6.92 Å². The van der Waals surface area contributed by atoms with Gasteiger partial charge < -0.3 is 4.74 Å². The van der Waals surface area contributed by atoms with E-state index in [-0.39, 0.29) is 27.4 Å². The van der Waals surface area contributed by atoms with Gasteiger partial charge in [0.2, 0.25) is 0 Å². The molecule has 0 radical (unpaired) electrons. The summed E-state index contributed by atoms with van der Waals surface area (Å²) in [6.07, 6.45) is 10.3. The van der Waals surface area contributed by atoms with Crippen molar-refractivity contribution in [3.05, 3.63) is 11.6 Å². The number of hydrogen-bond acceptors (Lipinski definition) is 5. The molecule has 1 aliphatic heterocycles. The van der Waals surface area contributed by atoms with Crippen molar-refractivity contribution in [1.82, 2.24) is 0 Å². The molecule has 0 amide bonds. The van der Waals surface area contributed by atoms with Crippen molar-refractivity contribution in [2.45, 2.75) is 82.5 Å². The summed E-state index contributed by atoms with van der Waals surface area (Å²) in [5, 5.41) is 0.324. The first kappa shape index (κ1) is 18.9. The third kappa shape index (κ3) is 2.68. The molecular weight excluding hydrogens is 372 g/mol. The highest BCUT2D eigenvalue weighted by molar-refractivity contribution is 8.14. The van der Waals surface area contributed by atoms with E-state index >= 15 is 0 Å². The van der Waals surface area contributed by atoms with Crippen LogP contribution in [0.15, 0.2) is 11.6 Å². The minimum Gasteiger partial charge on any atom is -0.459 e. The summed E-state index contributed by atoms with van der Waals surface area (Å²) >= 11 is 1.46. The molecule has 7 atom stereocenters. The second-order valence-electron chi connectivity index (χ2n) is 10.0. The highest BCUT2D eigenvalue weighted by Crippen LogP contribution is 2.65. The van der Waals surface area contributed by atoms with Crippen LogP contribution < -0.4 is 0 Å². The molecule has 28 heavy (non-hydrogen) atoms. The number of Topliss-reactive ketones (excluding diaryl/α,β-unsaturated/α-hetero) is 1. The van der Waals surface area contributed by atoms with E-state index in [9.17, 15) is 14.4 Å². The average Bonchev–Trinajstić information content (AvgIpc) is 3.20. The van der Waals surface area contributed by atoms with Gasteiger partial charge in [0.05, 0.1) is 0 Å². The molecule has 4 aliphatic carbocycles. The number of hydrogen-bond donors (Lipinski definition) is 0. The molecule has 1 heterocycles. The fraction of sp³-hybridized carbons (Fsp3) is 0.783. The van der Waals surface area contributed by atoms with Crippen LogP contribution in [0.25, 0.3) is 0 Å². The molecule has 5 heteroatoms. The molecule has 4 nitrogen and oxygen atoms in total. The van der Waals surface area contributed by atoms with E-state index < -0.39 is 0 Å². The minimum atomic E-state index is -0.231. The lowest BCUT2D eigenvalue weighted by molar-refractivity contribution is -0.154. The number of thioether (sulfide) groups is 1. The third-order valence-electron chi connectivity index (χ3n) is 8.82. The number of ketones is 1. The van der Waals surface area contributed by atoms with Crippen LogP contribution in [0, 0.1) is 29.1 Å². The van der Waals surface area contributed by atoms with Crippen LogP contribution in [0.2, 0.25) is 0 Å². The summed E-state index contributed by atoms with van der Waals surface area (Å²) in [5.74, 6) is 2.27. The summed E-state index contributed by atoms with van der Waals surface area (Å²) in [5.41, 5.74) is 1.16. The number of allylic oxidation sites excluding steroid dienone is 1. The molecule has 152 valence electrons. The fourth-order valence-electron chi connectivity index (χ4n) is 7.62. The normalized spacial score (nSPS) is 47.2. The highest BCUT2D eigenvalue weighted by Gasteiger charge is 2.62. The number of fused-ring (bicyclic) bond motifs is 6. The molecule has 0 aromatic carbocycles. The topological polar surface area (TPSA) is 60.4 Å². The number of esters is 1. The Kier molecular flexibility index (Phi) is 4.35. The minimum absolute atomic E-state index is 0.0268. The van der Waals surface area contributed by atoms with Crippen molar-refractivity contribution >= 4 is 28.6 Å². The van der Waals surface area contributed by atoms with Gasteiger partial charge in [-0.3, -0.25) is 14.4 Å². The zero-order valence-corrected chi connectivity index (χ0v) is 17.7. The Morgan fingerprint density at radius 2 is 1.89 bits per heavy atom. The van der Waals surface area contributed by atoms with Crippen molar-refractivity contribution in [3.63, 3.8) is 0 Å². The highest BCUT2D eigenvalue weighted by atomic mass is 32.2. The van der Waals surface area contributed by atoms with E-state index in [0.29, 0.717) is 48.7 Å². The van der Waals surface area contributed by atoms with Crippen molar-refractivity contribution in [3.8, 4) is 0 Å². The number of carbonyl (C=O) groups excluding carboxylic acids is 3. The van der Waals surface area contributed by atoms with Crippen LogP contribution in [0.4, 0.5) is 0 Å². The van der Waals surface area contributed by atoms with Gasteiger partial charge in [-0.1, -0.05) is 30.3 Å². The number of carbonyl (C=O) groups is 3. The van der Waals surface area contributed by atoms with Gasteiger partial charge in [-0.25, -0.2) is 0 Å². The molecule has 5 rings (SSSR count). The Balaban J connectivity index is 1.53. The maximum absolute atomic E-state index is 12.2. The molecule has 1 spiro atoms. The van der Waals surface area contributed by atoms with Gasteiger partial charge in [0.25, 0.3) is 0 Å². The Labute approximate surface area is 171 Å². The lowest BCUT2D eigenvalue weighted by Crippen LogP contribution is -2.53. The van der Waals surface area contributed by atoms with Crippen molar-refractivity contribution < 1.29 is 19.1 Å². The molecule has 3 saturated carbocycles. The van der Waals surface area contributed by atoms with E-state index in [0.717, 1.165) is 38.5 Å². The summed E-state index contributed by atoms with van der Waals surface area (Å²) in [6, 6.07) is 0. The lowest BCUT2D eigenvalue weighted by atomic mass is 9.50. The monoisotopic (exact) mass is 402 g/mol. The first-order chi connectivity index (χ1) is 13.3. The Bertz CT molecular complexity index is 773. The molecule has 0 aromatic rings. The first-order valence-electron chi connectivity index (χ1n) is 10.9. The Morgan fingerprint density at radius 3 is 2.61 bits per heavy atom. The molecule has 0 N–H and O–H groups in total. The van der Waals surface area contributed by atoms with Crippen LogP contribution >= 0.6 is 11.8 Å². The predicted octanol–water partition coefficient (Wildman–Crippen LogP) is 4.46. The standard InChI is InChI=1S/C23H30O4S/c1-13(24)28-19-12-14-11-15(25)5-8-22(14,2)18-4-3-17-16(21(18)19)6-9-23(17)10-7-20(26)27-23/h12,16-19,21H,3-11H2,1-2H3/t16?,17?,18?,19-,21?,22?,23-/m1/s1. The van der Waals surface area contributed by atoms with E-state index in [1.165, 1.54) is 17.3 Å². The molecule has 5 aliphatic rings. The zero-order valence-electron chi connectivity index (χ0n) is 16.9. The van der Waals surface area contributed by atoms with Crippen LogP contribution in [-0.4, -0.2) is 27.7 Å². The van der Waals surface area contributed by atoms with Crippen LogP contribution in [0.5, 0.6) is 0 Å². The van der Waals surface area contributed by atoms with Gasteiger partial charge in [0.1, 0.15) is 11.4 Å². The van der Waals surface area contributed by atoms with Crippen LogP contribution in [-0.2, 0) is 19.1 Å². The average molecular weight is 403 g/mol. The van der Waals surface area contributed by atoms with Gasteiger partial charge in [-0.2, -0.15) is 0 Å². The maximum atomic E-state index is 12.2. The van der Waals surface area contributed by atoms with Gasteiger partial charge in [0, 0.05) is 37.4 Å². The quantitative estimate of drug-likeness (QED) is 0.479. The SMILES string of the molecule is CC(=O)S[C@@H]1C=C2CC(=O)CCC2(C)C2CCC3C(CC[C@@]34CCC(=O)O4)C21. The van der Waals surface area contributed by atoms with E-state index in [1.807, 2.05) is 0 Å².